The molecule has 3 rings (SSSR count). The molecule has 3 nitrogen and oxygen atoms in total. The van der Waals surface area contributed by atoms with Crippen LogP contribution in [0, 0.1) is 11.3 Å². The predicted octanol–water partition coefficient (Wildman–Crippen LogP) is 4.70. The molecule has 3 heteroatoms. The fourth-order valence-electron chi connectivity index (χ4n) is 3.43. The number of hydrogen-bond acceptors (Lipinski definition) is 2. The Balaban J connectivity index is 1.90. The van der Waals surface area contributed by atoms with Crippen LogP contribution in [-0.2, 0) is 5.41 Å². The van der Waals surface area contributed by atoms with Gasteiger partial charge in [0.2, 0.25) is 0 Å². The number of nitrogens with zero attached hydrogens (tertiary/aromatic N) is 1. The van der Waals surface area contributed by atoms with E-state index >= 15 is 0 Å². The molecule has 0 radical (unpaired) electrons. The maximum Gasteiger partial charge on any atom is 0.251 e. The molecule has 0 fully saturated rings. The van der Waals surface area contributed by atoms with E-state index < -0.39 is 5.41 Å². The minimum atomic E-state index is -0.827. The van der Waals surface area contributed by atoms with Crippen LogP contribution in [0.4, 0.5) is 0 Å². The van der Waals surface area contributed by atoms with Crippen molar-refractivity contribution in [3.8, 4) is 6.07 Å². The van der Waals surface area contributed by atoms with Gasteiger partial charge in [0.1, 0.15) is 5.41 Å². The Morgan fingerprint density at radius 1 is 0.889 bits per heavy atom. The molecule has 0 aromatic heterocycles. The summed E-state index contributed by atoms with van der Waals surface area (Å²) in [7, 11) is 0. The minimum absolute atomic E-state index is 0.129. The summed E-state index contributed by atoms with van der Waals surface area (Å²) in [4.78, 5) is 12.5. The van der Waals surface area contributed by atoms with Crippen LogP contribution in [0.1, 0.15) is 34.8 Å². The maximum atomic E-state index is 12.5. The first kappa shape index (κ1) is 18.4. The summed E-state index contributed by atoms with van der Waals surface area (Å²) in [5, 5.41) is 13.3. The average molecular weight is 354 g/mol. The Kier molecular flexibility index (Phi) is 5.68. The van der Waals surface area contributed by atoms with Crippen molar-refractivity contribution in [1.82, 2.24) is 5.32 Å². The SMILES string of the molecule is CC(CC(C#N)(c1ccccc1)c1ccccc1)NC(=O)c1ccccc1. The quantitative estimate of drug-likeness (QED) is 0.697. The van der Waals surface area contributed by atoms with Crippen molar-refractivity contribution in [2.24, 2.45) is 0 Å². The molecule has 1 unspecified atom stereocenters. The van der Waals surface area contributed by atoms with Gasteiger partial charge < -0.3 is 5.32 Å². The van der Waals surface area contributed by atoms with Gasteiger partial charge in [-0.1, -0.05) is 78.9 Å². The lowest BCUT2D eigenvalue weighted by atomic mass is 9.71. The molecule has 3 aromatic carbocycles. The molecule has 0 aliphatic carbocycles. The summed E-state index contributed by atoms with van der Waals surface area (Å²) in [6.45, 7) is 1.94. The Labute approximate surface area is 160 Å². The standard InChI is InChI=1S/C24H22N2O/c1-19(26-23(27)20-11-5-2-6-12-20)17-24(18-25,21-13-7-3-8-14-21)22-15-9-4-10-16-22/h2-16,19H,17H2,1H3,(H,26,27). The number of nitrogens with one attached hydrogen (secondary N) is 1. The highest BCUT2D eigenvalue weighted by molar-refractivity contribution is 5.94. The molecule has 0 spiro atoms. The Morgan fingerprint density at radius 3 is 1.78 bits per heavy atom. The molecule has 0 heterocycles. The van der Waals surface area contributed by atoms with Crippen LogP contribution in [0.3, 0.4) is 0 Å². The number of rotatable bonds is 6. The molecule has 1 amide bonds. The van der Waals surface area contributed by atoms with Gasteiger partial charge in [-0.05, 0) is 36.6 Å². The molecule has 0 bridgehead atoms. The van der Waals surface area contributed by atoms with Crippen molar-refractivity contribution in [3.05, 3.63) is 108 Å². The molecule has 0 saturated heterocycles. The van der Waals surface area contributed by atoms with Crippen molar-refractivity contribution in [2.75, 3.05) is 0 Å². The molecule has 0 aliphatic heterocycles. The molecular weight excluding hydrogens is 332 g/mol. The van der Waals surface area contributed by atoms with Gasteiger partial charge in [-0.3, -0.25) is 4.79 Å². The third-order valence-electron chi connectivity index (χ3n) is 4.75. The number of hydrogen-bond donors (Lipinski definition) is 1. The second kappa shape index (κ2) is 8.33. The van der Waals surface area contributed by atoms with Crippen LogP contribution >= 0.6 is 0 Å². The van der Waals surface area contributed by atoms with Crippen LogP contribution in [0.2, 0.25) is 0 Å². The Hall–Kier alpha value is -3.38. The van der Waals surface area contributed by atoms with E-state index in [1.807, 2.05) is 85.8 Å². The van der Waals surface area contributed by atoms with Crippen LogP contribution in [0.15, 0.2) is 91.0 Å². The van der Waals surface area contributed by atoms with Gasteiger partial charge >= 0.3 is 0 Å². The van der Waals surface area contributed by atoms with Crippen molar-refractivity contribution < 1.29 is 4.79 Å². The summed E-state index contributed by atoms with van der Waals surface area (Å²) in [6.07, 6.45) is 0.482. The lowest BCUT2D eigenvalue weighted by Crippen LogP contribution is -2.39. The number of benzene rings is 3. The number of carbonyl (C=O) groups is 1. The molecule has 3 aromatic rings. The summed E-state index contributed by atoms with van der Waals surface area (Å²) < 4.78 is 0. The molecule has 1 atom stereocenters. The van der Waals surface area contributed by atoms with Gasteiger partial charge in [0.25, 0.3) is 5.91 Å². The molecular formula is C24H22N2O. The van der Waals surface area contributed by atoms with Crippen LogP contribution in [0.5, 0.6) is 0 Å². The molecule has 0 saturated carbocycles. The van der Waals surface area contributed by atoms with Crippen molar-refractivity contribution in [3.63, 3.8) is 0 Å². The highest BCUT2D eigenvalue weighted by Crippen LogP contribution is 2.36. The number of carbonyl (C=O) groups excluding carboxylic acids is 1. The van der Waals surface area contributed by atoms with Crippen molar-refractivity contribution in [1.29, 1.82) is 5.26 Å². The minimum Gasteiger partial charge on any atom is -0.350 e. The summed E-state index contributed by atoms with van der Waals surface area (Å²) in [5.41, 5.74) is 1.65. The van der Waals surface area contributed by atoms with E-state index in [1.165, 1.54) is 0 Å². The molecule has 1 N–H and O–H groups in total. The first-order chi connectivity index (χ1) is 13.2. The van der Waals surface area contributed by atoms with Gasteiger partial charge in [0, 0.05) is 11.6 Å². The highest BCUT2D eigenvalue weighted by atomic mass is 16.1. The number of nitriles is 1. The van der Waals surface area contributed by atoms with E-state index in [0.29, 0.717) is 12.0 Å². The van der Waals surface area contributed by atoms with Gasteiger partial charge in [0.05, 0.1) is 6.07 Å². The van der Waals surface area contributed by atoms with Crippen LogP contribution in [-0.4, -0.2) is 11.9 Å². The van der Waals surface area contributed by atoms with Crippen LogP contribution < -0.4 is 5.32 Å². The smallest absolute Gasteiger partial charge is 0.251 e. The van der Waals surface area contributed by atoms with Gasteiger partial charge in [-0.2, -0.15) is 5.26 Å². The normalized spacial score (nSPS) is 12.0. The van der Waals surface area contributed by atoms with E-state index in [0.717, 1.165) is 11.1 Å². The van der Waals surface area contributed by atoms with E-state index in [2.05, 4.69) is 11.4 Å². The van der Waals surface area contributed by atoms with E-state index in [1.54, 1.807) is 12.1 Å². The largest absolute Gasteiger partial charge is 0.350 e. The second-order valence-electron chi connectivity index (χ2n) is 6.69. The highest BCUT2D eigenvalue weighted by Gasteiger charge is 2.36. The van der Waals surface area contributed by atoms with E-state index in [9.17, 15) is 10.1 Å². The Morgan fingerprint density at radius 2 is 1.33 bits per heavy atom. The third kappa shape index (κ3) is 4.07. The maximum absolute atomic E-state index is 12.5. The van der Waals surface area contributed by atoms with E-state index in [-0.39, 0.29) is 11.9 Å². The summed E-state index contributed by atoms with van der Waals surface area (Å²) in [5.74, 6) is -0.129. The number of amides is 1. The first-order valence-corrected chi connectivity index (χ1v) is 9.04. The Bertz CT molecular complexity index is 875. The van der Waals surface area contributed by atoms with Crippen LogP contribution in [0.25, 0.3) is 0 Å². The fourth-order valence-corrected chi connectivity index (χ4v) is 3.43. The predicted molar refractivity (Wildman–Crippen MR) is 107 cm³/mol. The first-order valence-electron chi connectivity index (χ1n) is 9.04. The molecule has 27 heavy (non-hydrogen) atoms. The monoisotopic (exact) mass is 354 g/mol. The average Bonchev–Trinajstić information content (AvgIpc) is 2.74. The zero-order valence-electron chi connectivity index (χ0n) is 15.3. The third-order valence-corrected chi connectivity index (χ3v) is 4.75. The fraction of sp³-hybridized carbons (Fsp3) is 0.167. The van der Waals surface area contributed by atoms with Crippen molar-refractivity contribution in [2.45, 2.75) is 24.8 Å². The van der Waals surface area contributed by atoms with Gasteiger partial charge in [-0.25, -0.2) is 0 Å². The lowest BCUT2D eigenvalue weighted by molar-refractivity contribution is 0.0936. The molecule has 134 valence electrons. The van der Waals surface area contributed by atoms with Crippen molar-refractivity contribution >= 4 is 5.91 Å². The second-order valence-corrected chi connectivity index (χ2v) is 6.69. The molecule has 0 aliphatic rings. The van der Waals surface area contributed by atoms with Gasteiger partial charge in [0.15, 0.2) is 0 Å². The topological polar surface area (TPSA) is 52.9 Å². The zero-order valence-corrected chi connectivity index (χ0v) is 15.3. The van der Waals surface area contributed by atoms with Gasteiger partial charge in [-0.15, -0.1) is 0 Å². The zero-order chi connectivity index (χ0) is 19.1. The summed E-state index contributed by atoms with van der Waals surface area (Å²) >= 11 is 0. The summed E-state index contributed by atoms with van der Waals surface area (Å²) in [6, 6.07) is 31.0. The van der Waals surface area contributed by atoms with E-state index in [4.69, 9.17) is 0 Å². The lowest BCUT2D eigenvalue weighted by Gasteiger charge is -2.31.